The predicted octanol–water partition coefficient (Wildman–Crippen LogP) is -0.564. The van der Waals surface area contributed by atoms with Crippen molar-refractivity contribution in [2.24, 2.45) is 5.73 Å². The van der Waals surface area contributed by atoms with Gasteiger partial charge in [0.15, 0.2) is 0 Å². The van der Waals surface area contributed by atoms with Gasteiger partial charge in [-0.05, 0) is 6.92 Å². The summed E-state index contributed by atoms with van der Waals surface area (Å²) in [6.07, 6.45) is 0.194. The fourth-order valence-electron chi connectivity index (χ4n) is 0.609. The van der Waals surface area contributed by atoms with Gasteiger partial charge in [-0.25, -0.2) is 0 Å². The topological polar surface area (TPSA) is 81.4 Å². The van der Waals surface area contributed by atoms with Crippen LogP contribution in [0.15, 0.2) is 0 Å². The van der Waals surface area contributed by atoms with Crippen LogP contribution in [0, 0.1) is 0 Å². The zero-order valence-electron chi connectivity index (χ0n) is 7.54. The van der Waals surface area contributed by atoms with Gasteiger partial charge in [-0.2, -0.15) is 0 Å². The molecule has 5 nitrogen and oxygen atoms in total. The Labute approximate surface area is 83.4 Å². The van der Waals surface area contributed by atoms with Crippen LogP contribution in [0.2, 0.25) is 0 Å². The van der Waals surface area contributed by atoms with Crippen molar-refractivity contribution in [3.8, 4) is 0 Å². The van der Waals surface area contributed by atoms with Crippen LogP contribution in [0.3, 0.4) is 0 Å². The van der Waals surface area contributed by atoms with E-state index in [4.69, 9.17) is 5.73 Å². The molecule has 0 heterocycles. The van der Waals surface area contributed by atoms with Crippen molar-refractivity contribution in [2.75, 3.05) is 19.7 Å². The van der Waals surface area contributed by atoms with Crippen LogP contribution in [0.4, 0.5) is 0 Å². The number of amides is 1. The third kappa shape index (κ3) is 9.10. The first-order valence-corrected chi connectivity index (χ1v) is 3.83. The van der Waals surface area contributed by atoms with Gasteiger partial charge in [0.05, 0.1) is 19.6 Å². The summed E-state index contributed by atoms with van der Waals surface area (Å²) < 4.78 is 4.64. The number of carbonyl (C=O) groups is 2. The van der Waals surface area contributed by atoms with Crippen LogP contribution in [-0.4, -0.2) is 31.6 Å². The lowest BCUT2D eigenvalue weighted by atomic mass is 10.4. The molecule has 0 aliphatic heterocycles. The van der Waals surface area contributed by atoms with Crippen molar-refractivity contribution >= 4 is 24.3 Å². The van der Waals surface area contributed by atoms with Gasteiger partial charge < -0.3 is 15.8 Å². The van der Waals surface area contributed by atoms with Gasteiger partial charge in [0.1, 0.15) is 0 Å². The second-order valence-corrected chi connectivity index (χ2v) is 2.11. The maximum Gasteiger partial charge on any atom is 0.307 e. The van der Waals surface area contributed by atoms with Gasteiger partial charge in [-0.1, -0.05) is 0 Å². The highest BCUT2D eigenvalue weighted by atomic mass is 35.5. The van der Waals surface area contributed by atoms with Crippen molar-refractivity contribution in [3.05, 3.63) is 0 Å². The molecule has 0 bridgehead atoms. The number of ether oxygens (including phenoxy) is 1. The largest absolute Gasteiger partial charge is 0.466 e. The number of carbonyl (C=O) groups excluding carboxylic acids is 2. The minimum atomic E-state index is -0.310. The molecule has 0 aliphatic rings. The molecule has 0 aliphatic carbocycles. The molecule has 0 fully saturated rings. The number of esters is 1. The maximum absolute atomic E-state index is 10.7. The molecule has 1 amide bonds. The average Bonchev–Trinajstić information content (AvgIpc) is 2.04. The Balaban J connectivity index is 0. The molecule has 6 heteroatoms. The number of nitrogens with one attached hydrogen (secondary N) is 1. The summed E-state index contributed by atoms with van der Waals surface area (Å²) in [4.78, 5) is 21.3. The number of hydrogen-bond acceptors (Lipinski definition) is 4. The molecule has 0 saturated carbocycles. The number of hydrogen-bond donors (Lipinski definition) is 2. The fraction of sp³-hybridized carbons (Fsp3) is 0.714. The summed E-state index contributed by atoms with van der Waals surface area (Å²) in [5.41, 5.74) is 5.02. The first-order valence-electron chi connectivity index (χ1n) is 3.83. The summed E-state index contributed by atoms with van der Waals surface area (Å²) in [7, 11) is 0. The highest BCUT2D eigenvalue weighted by Gasteiger charge is 2.01. The first kappa shape index (κ1) is 14.7. The molecule has 0 atom stereocenters. The van der Waals surface area contributed by atoms with Crippen molar-refractivity contribution in [3.63, 3.8) is 0 Å². The zero-order valence-corrected chi connectivity index (χ0v) is 8.36. The Hall–Kier alpha value is -0.810. The fourth-order valence-corrected chi connectivity index (χ4v) is 0.609. The quantitative estimate of drug-likeness (QED) is 0.596. The van der Waals surface area contributed by atoms with E-state index in [1.807, 2.05) is 0 Å². The lowest BCUT2D eigenvalue weighted by Gasteiger charge is -2.02. The summed E-state index contributed by atoms with van der Waals surface area (Å²) in [6.45, 7) is 2.33. The molecule has 3 N–H and O–H groups in total. The molecule has 0 aromatic heterocycles. The van der Waals surface area contributed by atoms with Gasteiger partial charge in [0.2, 0.25) is 5.91 Å². The Morgan fingerprint density at radius 2 is 2.08 bits per heavy atom. The van der Waals surface area contributed by atoms with E-state index in [1.165, 1.54) is 0 Å². The molecule has 0 aromatic carbocycles. The van der Waals surface area contributed by atoms with E-state index in [0.29, 0.717) is 6.61 Å². The molecule has 0 spiro atoms. The van der Waals surface area contributed by atoms with E-state index >= 15 is 0 Å². The van der Waals surface area contributed by atoms with Crippen LogP contribution in [0.5, 0.6) is 0 Å². The van der Waals surface area contributed by atoms with Gasteiger partial charge in [0, 0.05) is 6.54 Å². The van der Waals surface area contributed by atoms with Crippen molar-refractivity contribution < 1.29 is 14.3 Å². The highest BCUT2D eigenvalue weighted by molar-refractivity contribution is 5.85. The van der Waals surface area contributed by atoms with Crippen molar-refractivity contribution in [1.82, 2.24) is 5.32 Å². The van der Waals surface area contributed by atoms with E-state index < -0.39 is 0 Å². The average molecular weight is 211 g/mol. The number of nitrogens with two attached hydrogens (primary N) is 1. The third-order valence-electron chi connectivity index (χ3n) is 1.14. The molecule has 0 saturated heterocycles. The normalized spacial score (nSPS) is 8.46. The Kier molecular flexibility index (Phi) is 10.5. The predicted molar refractivity (Wildman–Crippen MR) is 50.6 cm³/mol. The maximum atomic E-state index is 10.7. The van der Waals surface area contributed by atoms with Crippen molar-refractivity contribution in [2.45, 2.75) is 13.3 Å². The summed E-state index contributed by atoms with van der Waals surface area (Å²) in [6, 6.07) is 0. The molecule has 0 rings (SSSR count). The standard InChI is InChI=1S/C7H14N2O3.ClH/c1-2-12-7(11)3-4-9-6(10)5-8;/h2-5,8H2,1H3,(H,9,10);1H. The van der Waals surface area contributed by atoms with Gasteiger partial charge in [-0.3, -0.25) is 9.59 Å². The van der Waals surface area contributed by atoms with Gasteiger partial charge in [-0.15, -0.1) is 12.4 Å². The Morgan fingerprint density at radius 1 is 1.46 bits per heavy atom. The lowest BCUT2D eigenvalue weighted by Crippen LogP contribution is -2.32. The van der Waals surface area contributed by atoms with Gasteiger partial charge in [0.25, 0.3) is 0 Å². The van der Waals surface area contributed by atoms with Gasteiger partial charge >= 0.3 is 5.97 Å². The zero-order chi connectivity index (χ0) is 9.40. The van der Waals surface area contributed by atoms with E-state index in [9.17, 15) is 9.59 Å². The van der Waals surface area contributed by atoms with Crippen molar-refractivity contribution in [1.29, 1.82) is 0 Å². The van der Waals surface area contributed by atoms with Crippen LogP contribution >= 0.6 is 12.4 Å². The Morgan fingerprint density at radius 3 is 2.54 bits per heavy atom. The highest BCUT2D eigenvalue weighted by Crippen LogP contribution is 1.83. The SMILES string of the molecule is CCOC(=O)CCNC(=O)CN.Cl. The molecular formula is C7H15ClN2O3. The Bertz CT molecular complexity index is 164. The van der Waals surface area contributed by atoms with E-state index in [-0.39, 0.29) is 43.8 Å². The monoisotopic (exact) mass is 210 g/mol. The summed E-state index contributed by atoms with van der Waals surface area (Å²) in [5, 5.41) is 2.46. The second kappa shape index (κ2) is 9.28. The lowest BCUT2D eigenvalue weighted by molar-refractivity contribution is -0.143. The molecule has 0 aromatic rings. The third-order valence-corrected chi connectivity index (χ3v) is 1.14. The molecular weight excluding hydrogens is 196 g/mol. The smallest absolute Gasteiger partial charge is 0.307 e. The molecule has 13 heavy (non-hydrogen) atoms. The minimum absolute atomic E-state index is 0. The van der Waals surface area contributed by atoms with Crippen LogP contribution in [0.25, 0.3) is 0 Å². The first-order chi connectivity index (χ1) is 5.70. The van der Waals surface area contributed by atoms with Crippen LogP contribution in [-0.2, 0) is 14.3 Å². The summed E-state index contributed by atoms with van der Waals surface area (Å²) >= 11 is 0. The molecule has 0 unspecified atom stereocenters. The van der Waals surface area contributed by atoms with E-state index in [0.717, 1.165) is 0 Å². The van der Waals surface area contributed by atoms with Crippen LogP contribution < -0.4 is 11.1 Å². The second-order valence-electron chi connectivity index (χ2n) is 2.11. The minimum Gasteiger partial charge on any atom is -0.466 e. The summed E-state index contributed by atoms with van der Waals surface area (Å²) in [5.74, 6) is -0.575. The van der Waals surface area contributed by atoms with E-state index in [2.05, 4.69) is 10.1 Å². The molecule has 78 valence electrons. The molecule has 0 radical (unpaired) electrons. The van der Waals surface area contributed by atoms with Crippen LogP contribution in [0.1, 0.15) is 13.3 Å². The van der Waals surface area contributed by atoms with E-state index in [1.54, 1.807) is 6.92 Å². The number of halogens is 1. The number of rotatable bonds is 5.